The Bertz CT molecular complexity index is 823. The summed E-state index contributed by atoms with van der Waals surface area (Å²) in [5, 5.41) is 29.2. The fraction of sp³-hybridized carbons (Fsp3) is 0.435. The molecule has 0 radical (unpaired) electrons. The third-order valence-corrected chi connectivity index (χ3v) is 5.33. The van der Waals surface area contributed by atoms with E-state index in [9.17, 15) is 15.5 Å². The topological polar surface area (TPSA) is 73.5 Å². The number of aliphatic hydroxyl groups is 2. The number of benzene rings is 2. The molecule has 1 aliphatic rings. The first-order chi connectivity index (χ1) is 13.0. The molecule has 1 saturated heterocycles. The van der Waals surface area contributed by atoms with Gasteiger partial charge in [0.1, 0.15) is 0 Å². The Labute approximate surface area is 161 Å². The van der Waals surface area contributed by atoms with E-state index in [1.807, 2.05) is 19.1 Å². The molecule has 0 saturated carbocycles. The minimum absolute atomic E-state index is 0.0978. The van der Waals surface area contributed by atoms with Gasteiger partial charge in [-0.15, -0.1) is 0 Å². The SMILES string of the molecule is CCc1ccc(Cc2cc(C3CC(O)CC(CO)O3)cc(C)c2C#N)cc1. The van der Waals surface area contributed by atoms with Gasteiger partial charge in [0.25, 0.3) is 0 Å². The molecule has 2 N–H and O–H groups in total. The summed E-state index contributed by atoms with van der Waals surface area (Å²) in [6.07, 6.45) is 1.55. The van der Waals surface area contributed by atoms with E-state index in [2.05, 4.69) is 37.3 Å². The molecule has 1 fully saturated rings. The highest BCUT2D eigenvalue weighted by Crippen LogP contribution is 2.34. The number of nitrogens with zero attached hydrogens (tertiary/aromatic N) is 1. The first-order valence-corrected chi connectivity index (χ1v) is 9.59. The molecule has 3 atom stereocenters. The van der Waals surface area contributed by atoms with Gasteiger partial charge in [-0.25, -0.2) is 0 Å². The fourth-order valence-corrected chi connectivity index (χ4v) is 3.81. The van der Waals surface area contributed by atoms with Crippen molar-refractivity contribution in [3.8, 4) is 6.07 Å². The third-order valence-electron chi connectivity index (χ3n) is 5.33. The molecule has 0 aliphatic carbocycles. The molecular formula is C23H27NO3. The van der Waals surface area contributed by atoms with E-state index < -0.39 is 6.10 Å². The number of nitriles is 1. The molecule has 27 heavy (non-hydrogen) atoms. The molecular weight excluding hydrogens is 338 g/mol. The van der Waals surface area contributed by atoms with Gasteiger partial charge in [-0.1, -0.05) is 43.3 Å². The van der Waals surface area contributed by atoms with Crippen LogP contribution in [-0.2, 0) is 17.6 Å². The molecule has 3 unspecified atom stereocenters. The zero-order valence-electron chi connectivity index (χ0n) is 16.0. The predicted molar refractivity (Wildman–Crippen MR) is 104 cm³/mol. The normalized spacial score (nSPS) is 22.4. The summed E-state index contributed by atoms with van der Waals surface area (Å²) < 4.78 is 5.96. The van der Waals surface area contributed by atoms with Gasteiger partial charge < -0.3 is 14.9 Å². The van der Waals surface area contributed by atoms with Gasteiger partial charge >= 0.3 is 0 Å². The summed E-state index contributed by atoms with van der Waals surface area (Å²) in [5.74, 6) is 0. The monoisotopic (exact) mass is 365 g/mol. The Morgan fingerprint density at radius 1 is 1.15 bits per heavy atom. The zero-order valence-corrected chi connectivity index (χ0v) is 16.0. The van der Waals surface area contributed by atoms with E-state index in [1.54, 1.807) is 0 Å². The lowest BCUT2D eigenvalue weighted by molar-refractivity contribution is -0.113. The minimum atomic E-state index is -0.484. The largest absolute Gasteiger partial charge is 0.394 e. The fourth-order valence-electron chi connectivity index (χ4n) is 3.81. The van der Waals surface area contributed by atoms with Crippen molar-refractivity contribution in [3.63, 3.8) is 0 Å². The van der Waals surface area contributed by atoms with Crippen molar-refractivity contribution in [2.75, 3.05) is 6.61 Å². The summed E-state index contributed by atoms with van der Waals surface area (Å²) in [6.45, 7) is 3.97. The third kappa shape index (κ3) is 4.56. The maximum atomic E-state index is 10.1. The number of hydrogen-bond donors (Lipinski definition) is 2. The highest BCUT2D eigenvalue weighted by Gasteiger charge is 2.29. The maximum absolute atomic E-state index is 10.1. The quantitative estimate of drug-likeness (QED) is 0.849. The van der Waals surface area contributed by atoms with Crippen LogP contribution >= 0.6 is 0 Å². The Morgan fingerprint density at radius 2 is 1.85 bits per heavy atom. The lowest BCUT2D eigenvalue weighted by atomic mass is 9.89. The second-order valence-electron chi connectivity index (χ2n) is 7.39. The molecule has 0 aromatic heterocycles. The second kappa shape index (κ2) is 8.67. The van der Waals surface area contributed by atoms with Crippen molar-refractivity contribution in [1.82, 2.24) is 0 Å². The lowest BCUT2D eigenvalue weighted by Gasteiger charge is -2.33. The first kappa shape index (κ1) is 19.6. The first-order valence-electron chi connectivity index (χ1n) is 9.59. The molecule has 1 aliphatic heterocycles. The Balaban J connectivity index is 1.92. The molecule has 0 amide bonds. The summed E-state index contributed by atoms with van der Waals surface area (Å²) in [6, 6.07) is 14.8. The summed E-state index contributed by atoms with van der Waals surface area (Å²) in [7, 11) is 0. The number of aliphatic hydroxyl groups excluding tert-OH is 2. The number of aryl methyl sites for hydroxylation is 2. The van der Waals surface area contributed by atoms with Gasteiger partial charge in [0.15, 0.2) is 0 Å². The molecule has 4 nitrogen and oxygen atoms in total. The van der Waals surface area contributed by atoms with Gasteiger partial charge in [0, 0.05) is 12.8 Å². The van der Waals surface area contributed by atoms with Crippen LogP contribution in [0, 0.1) is 18.3 Å². The standard InChI is InChI=1S/C23H27NO3/c1-3-16-4-6-17(7-5-16)9-18-10-19(8-15(2)22(18)13-24)23-12-20(26)11-21(14-25)27-23/h4-8,10,20-21,23,25-26H,3,9,11-12,14H2,1-2H3. The van der Waals surface area contributed by atoms with Gasteiger partial charge in [0.2, 0.25) is 0 Å². The molecule has 142 valence electrons. The van der Waals surface area contributed by atoms with Gasteiger partial charge in [-0.05, 0) is 47.6 Å². The van der Waals surface area contributed by atoms with Crippen LogP contribution in [0.25, 0.3) is 0 Å². The maximum Gasteiger partial charge on any atom is 0.0997 e. The Hall–Kier alpha value is -2.19. The summed E-state index contributed by atoms with van der Waals surface area (Å²) >= 11 is 0. The van der Waals surface area contributed by atoms with Gasteiger partial charge in [-0.2, -0.15) is 5.26 Å². The molecule has 3 rings (SSSR count). The molecule has 0 spiro atoms. The summed E-state index contributed by atoms with van der Waals surface area (Å²) in [4.78, 5) is 0. The van der Waals surface area contributed by atoms with Crippen molar-refractivity contribution in [2.24, 2.45) is 0 Å². The van der Waals surface area contributed by atoms with Crippen molar-refractivity contribution in [1.29, 1.82) is 5.26 Å². The van der Waals surface area contributed by atoms with Crippen LogP contribution < -0.4 is 0 Å². The van der Waals surface area contributed by atoms with E-state index in [1.165, 1.54) is 5.56 Å². The Morgan fingerprint density at radius 3 is 2.48 bits per heavy atom. The van der Waals surface area contributed by atoms with Crippen LogP contribution in [0.4, 0.5) is 0 Å². The van der Waals surface area contributed by atoms with Crippen molar-refractivity contribution in [3.05, 3.63) is 69.8 Å². The van der Waals surface area contributed by atoms with Crippen molar-refractivity contribution < 1.29 is 14.9 Å². The average molecular weight is 365 g/mol. The van der Waals surface area contributed by atoms with Gasteiger partial charge in [0.05, 0.1) is 36.6 Å². The number of ether oxygens (including phenoxy) is 1. The van der Waals surface area contributed by atoms with E-state index in [4.69, 9.17) is 4.74 Å². The van der Waals surface area contributed by atoms with Crippen molar-refractivity contribution >= 4 is 0 Å². The van der Waals surface area contributed by atoms with Crippen LogP contribution in [0.2, 0.25) is 0 Å². The molecule has 1 heterocycles. The van der Waals surface area contributed by atoms with E-state index in [0.717, 1.165) is 28.7 Å². The van der Waals surface area contributed by atoms with Crippen LogP contribution in [0.1, 0.15) is 59.3 Å². The van der Waals surface area contributed by atoms with Crippen molar-refractivity contribution in [2.45, 2.75) is 57.8 Å². The predicted octanol–water partition coefficient (Wildman–Crippen LogP) is 3.59. The second-order valence-corrected chi connectivity index (χ2v) is 7.39. The highest BCUT2D eigenvalue weighted by atomic mass is 16.5. The van der Waals surface area contributed by atoms with Crippen LogP contribution in [-0.4, -0.2) is 29.0 Å². The smallest absolute Gasteiger partial charge is 0.0997 e. The Kier molecular flexibility index (Phi) is 6.28. The average Bonchev–Trinajstić information content (AvgIpc) is 2.67. The van der Waals surface area contributed by atoms with Crippen LogP contribution in [0.15, 0.2) is 36.4 Å². The molecule has 0 bridgehead atoms. The van der Waals surface area contributed by atoms with Crippen LogP contribution in [0.5, 0.6) is 0 Å². The summed E-state index contributed by atoms with van der Waals surface area (Å²) in [5.41, 5.74) is 6.01. The number of hydrogen-bond acceptors (Lipinski definition) is 4. The minimum Gasteiger partial charge on any atom is -0.394 e. The van der Waals surface area contributed by atoms with E-state index >= 15 is 0 Å². The molecule has 4 heteroatoms. The lowest BCUT2D eigenvalue weighted by Crippen LogP contribution is -2.33. The van der Waals surface area contributed by atoms with E-state index in [-0.39, 0.29) is 18.8 Å². The van der Waals surface area contributed by atoms with Gasteiger partial charge in [-0.3, -0.25) is 0 Å². The zero-order chi connectivity index (χ0) is 19.4. The van der Waals surface area contributed by atoms with Crippen LogP contribution in [0.3, 0.4) is 0 Å². The molecule has 2 aromatic carbocycles. The molecule has 2 aromatic rings. The number of rotatable bonds is 5. The van der Waals surface area contributed by atoms with E-state index in [0.29, 0.717) is 24.8 Å². The highest BCUT2D eigenvalue weighted by molar-refractivity contribution is 5.49.